The number of Topliss-reactive ketones (excluding diaryl/α,β-unsaturated/α-hetero) is 1. The third-order valence-corrected chi connectivity index (χ3v) is 6.91. The molecule has 9 heteroatoms. The van der Waals surface area contributed by atoms with E-state index < -0.39 is 17.7 Å². The van der Waals surface area contributed by atoms with E-state index in [1.54, 1.807) is 31.2 Å². The Morgan fingerprint density at radius 2 is 1.86 bits per heavy atom. The lowest BCUT2D eigenvalue weighted by Crippen LogP contribution is -2.29. The molecule has 2 aromatic carbocycles. The van der Waals surface area contributed by atoms with Gasteiger partial charge in [0.2, 0.25) is 5.13 Å². The minimum absolute atomic E-state index is 0.0109. The van der Waals surface area contributed by atoms with Crippen LogP contribution in [0, 0.1) is 20.8 Å². The Kier molecular flexibility index (Phi) is 7.40. The second kappa shape index (κ2) is 10.5. The molecule has 1 saturated heterocycles. The highest BCUT2D eigenvalue weighted by Gasteiger charge is 2.48. The Balaban J connectivity index is 1.91. The van der Waals surface area contributed by atoms with Crippen LogP contribution in [0.2, 0.25) is 0 Å². The first kappa shape index (κ1) is 25.4. The second-order valence-corrected chi connectivity index (χ2v) is 9.86. The van der Waals surface area contributed by atoms with E-state index in [0.717, 1.165) is 24.0 Å². The van der Waals surface area contributed by atoms with Crippen molar-refractivity contribution >= 4 is 33.9 Å². The van der Waals surface area contributed by atoms with Crippen molar-refractivity contribution in [3.05, 3.63) is 69.2 Å². The van der Waals surface area contributed by atoms with Crippen molar-refractivity contribution < 1.29 is 24.2 Å². The Labute approximate surface area is 214 Å². The number of anilines is 1. The fourth-order valence-electron chi connectivity index (χ4n) is 4.16. The van der Waals surface area contributed by atoms with Crippen LogP contribution in [0.3, 0.4) is 0 Å². The Morgan fingerprint density at radius 3 is 2.53 bits per heavy atom. The van der Waals surface area contributed by atoms with E-state index >= 15 is 0 Å². The summed E-state index contributed by atoms with van der Waals surface area (Å²) in [5, 5.41) is 20.5. The third kappa shape index (κ3) is 4.70. The van der Waals surface area contributed by atoms with Crippen LogP contribution in [0.15, 0.2) is 42.0 Å². The quantitative estimate of drug-likeness (QED) is 0.192. The highest BCUT2D eigenvalue weighted by Crippen LogP contribution is 2.45. The fraction of sp³-hybridized carbons (Fsp3) is 0.333. The fourth-order valence-corrected chi connectivity index (χ4v) is 4.88. The van der Waals surface area contributed by atoms with Crippen molar-refractivity contribution in [3.8, 4) is 11.5 Å². The number of benzene rings is 2. The van der Waals surface area contributed by atoms with Crippen LogP contribution in [-0.2, 0) is 9.59 Å². The van der Waals surface area contributed by atoms with Crippen molar-refractivity contribution in [1.82, 2.24) is 10.2 Å². The second-order valence-electron chi connectivity index (χ2n) is 8.70. The molecule has 1 fully saturated rings. The first-order chi connectivity index (χ1) is 17.3. The molecule has 2 heterocycles. The number of aliphatic hydroxyl groups is 1. The highest BCUT2D eigenvalue weighted by atomic mass is 32.1. The van der Waals surface area contributed by atoms with Crippen molar-refractivity contribution in [2.75, 3.05) is 18.6 Å². The molecule has 0 spiro atoms. The predicted octanol–water partition coefficient (Wildman–Crippen LogP) is 5.28. The zero-order chi connectivity index (χ0) is 26.0. The Morgan fingerprint density at radius 1 is 1.08 bits per heavy atom. The van der Waals surface area contributed by atoms with Crippen molar-refractivity contribution in [2.24, 2.45) is 0 Å². The molecule has 3 aromatic rings. The average molecular weight is 508 g/mol. The van der Waals surface area contributed by atoms with Crippen molar-refractivity contribution in [3.63, 3.8) is 0 Å². The van der Waals surface area contributed by atoms with Gasteiger partial charge in [0.1, 0.15) is 10.8 Å². The van der Waals surface area contributed by atoms with E-state index in [9.17, 15) is 14.7 Å². The Hall–Kier alpha value is -3.72. The van der Waals surface area contributed by atoms with Gasteiger partial charge in [-0.05, 0) is 56.5 Å². The highest BCUT2D eigenvalue weighted by molar-refractivity contribution is 7.15. The van der Waals surface area contributed by atoms with Crippen molar-refractivity contribution in [2.45, 2.75) is 46.6 Å². The molecule has 0 radical (unpaired) electrons. The number of aliphatic hydroxyl groups excluding tert-OH is 1. The van der Waals surface area contributed by atoms with Gasteiger partial charge in [-0.2, -0.15) is 0 Å². The van der Waals surface area contributed by atoms with Gasteiger partial charge in [0.15, 0.2) is 11.5 Å². The van der Waals surface area contributed by atoms with Crippen LogP contribution in [-0.4, -0.2) is 40.7 Å². The normalized spacial score (nSPS) is 17.0. The molecule has 8 nitrogen and oxygen atoms in total. The largest absolute Gasteiger partial charge is 0.507 e. The number of aromatic nitrogens is 2. The van der Waals surface area contributed by atoms with Gasteiger partial charge in [0, 0.05) is 5.56 Å². The number of amides is 1. The average Bonchev–Trinajstić information content (AvgIpc) is 3.40. The van der Waals surface area contributed by atoms with E-state index in [-0.39, 0.29) is 16.5 Å². The molecule has 0 bridgehead atoms. The predicted molar refractivity (Wildman–Crippen MR) is 139 cm³/mol. The van der Waals surface area contributed by atoms with Gasteiger partial charge in [0.05, 0.1) is 25.3 Å². The lowest BCUT2D eigenvalue weighted by molar-refractivity contribution is -0.132. The molecule has 36 heavy (non-hydrogen) atoms. The van der Waals surface area contributed by atoms with E-state index in [4.69, 9.17) is 9.47 Å². The molecular formula is C27H29N3O5S. The van der Waals surface area contributed by atoms with Crippen LogP contribution >= 0.6 is 11.3 Å². The van der Waals surface area contributed by atoms with Gasteiger partial charge in [-0.3, -0.25) is 14.5 Å². The molecule has 0 saturated carbocycles. The first-order valence-electron chi connectivity index (χ1n) is 11.8. The smallest absolute Gasteiger partial charge is 0.301 e. The number of carbonyl (C=O) groups is 2. The van der Waals surface area contributed by atoms with E-state index in [1.807, 2.05) is 26.0 Å². The zero-order valence-electron chi connectivity index (χ0n) is 21.0. The van der Waals surface area contributed by atoms with Crippen LogP contribution in [0.25, 0.3) is 5.76 Å². The molecule has 1 atom stereocenters. The number of carbonyl (C=O) groups excluding carboxylic acids is 2. The van der Waals surface area contributed by atoms with Crippen LogP contribution in [0.4, 0.5) is 5.13 Å². The molecule has 1 N–H and O–H groups in total. The van der Waals surface area contributed by atoms with Crippen LogP contribution < -0.4 is 14.4 Å². The minimum Gasteiger partial charge on any atom is -0.507 e. The summed E-state index contributed by atoms with van der Waals surface area (Å²) in [7, 11) is 1.53. The van der Waals surface area contributed by atoms with Crippen LogP contribution in [0.5, 0.6) is 11.5 Å². The summed E-state index contributed by atoms with van der Waals surface area (Å²) in [6, 6.07) is 9.94. The van der Waals surface area contributed by atoms with E-state index in [0.29, 0.717) is 34.2 Å². The SMILES string of the molecule is CCCCOc1ccc(C2C(=C(O)c3cc(C)ccc3C)C(=O)C(=O)N2c2nnc(C)s2)cc1OC. The lowest BCUT2D eigenvalue weighted by Gasteiger charge is -2.23. The lowest BCUT2D eigenvalue weighted by atomic mass is 9.93. The number of ketones is 1. The monoisotopic (exact) mass is 507 g/mol. The number of unbranched alkanes of at least 4 members (excludes halogenated alkanes) is 1. The molecular weight excluding hydrogens is 478 g/mol. The number of rotatable bonds is 8. The molecule has 188 valence electrons. The molecule has 0 aliphatic carbocycles. The van der Waals surface area contributed by atoms with Gasteiger partial charge < -0.3 is 14.6 Å². The molecule has 1 aromatic heterocycles. The van der Waals surface area contributed by atoms with E-state index in [1.165, 1.54) is 23.3 Å². The maximum absolute atomic E-state index is 13.4. The summed E-state index contributed by atoms with van der Waals surface area (Å²) in [5.41, 5.74) is 2.77. The summed E-state index contributed by atoms with van der Waals surface area (Å²) in [6.07, 6.45) is 1.89. The van der Waals surface area contributed by atoms with Gasteiger partial charge in [0.25, 0.3) is 5.78 Å². The zero-order valence-corrected chi connectivity index (χ0v) is 21.8. The number of ether oxygens (including phenoxy) is 2. The standard InChI is InChI=1S/C27H29N3O5S/c1-6-7-12-35-20-11-10-18(14-21(20)34-5)23-22(24(31)19-13-15(2)8-9-16(19)3)25(32)26(33)30(23)27-29-28-17(4)36-27/h8-11,13-14,23,31H,6-7,12H2,1-5H3. The number of aryl methyl sites for hydroxylation is 3. The summed E-state index contributed by atoms with van der Waals surface area (Å²) in [5.74, 6) is -0.758. The first-order valence-corrected chi connectivity index (χ1v) is 12.6. The molecule has 1 aliphatic rings. The summed E-state index contributed by atoms with van der Waals surface area (Å²) >= 11 is 1.20. The Bertz CT molecular complexity index is 1350. The van der Waals surface area contributed by atoms with Gasteiger partial charge >= 0.3 is 5.91 Å². The number of methoxy groups -OCH3 is 1. The molecule has 4 rings (SSSR count). The topological polar surface area (TPSA) is 102 Å². The van der Waals surface area contributed by atoms with Crippen LogP contribution in [0.1, 0.15) is 53.1 Å². The van der Waals surface area contributed by atoms with Gasteiger partial charge in [-0.25, -0.2) is 0 Å². The van der Waals surface area contributed by atoms with Crippen molar-refractivity contribution in [1.29, 1.82) is 0 Å². The van der Waals surface area contributed by atoms with Gasteiger partial charge in [-0.1, -0.05) is 48.4 Å². The number of nitrogens with zero attached hydrogens (tertiary/aromatic N) is 3. The number of hydrogen-bond acceptors (Lipinski definition) is 8. The minimum atomic E-state index is -0.921. The molecule has 1 unspecified atom stereocenters. The van der Waals surface area contributed by atoms with Gasteiger partial charge in [-0.15, -0.1) is 10.2 Å². The number of hydrogen-bond donors (Lipinski definition) is 1. The maximum Gasteiger partial charge on any atom is 0.301 e. The molecule has 1 aliphatic heterocycles. The summed E-state index contributed by atoms with van der Waals surface area (Å²) in [4.78, 5) is 28.0. The third-order valence-electron chi connectivity index (χ3n) is 6.07. The van der Waals surface area contributed by atoms with E-state index in [2.05, 4.69) is 17.1 Å². The maximum atomic E-state index is 13.4. The summed E-state index contributed by atoms with van der Waals surface area (Å²) < 4.78 is 11.4. The summed E-state index contributed by atoms with van der Waals surface area (Å²) in [6.45, 7) is 8.14. The molecule has 1 amide bonds.